The summed E-state index contributed by atoms with van der Waals surface area (Å²) in [5.74, 6) is -0.861. The van der Waals surface area contributed by atoms with Gasteiger partial charge in [0.25, 0.3) is 5.91 Å². The Morgan fingerprint density at radius 1 is 1.44 bits per heavy atom. The normalized spacial score (nSPS) is 10.4. The average Bonchev–Trinajstić information content (AvgIpc) is 2.60. The molecule has 2 rings (SSSR count). The lowest BCUT2D eigenvalue weighted by molar-refractivity contribution is 0.102. The molecule has 0 saturated heterocycles. The number of rotatable bonds is 2. The second-order valence-electron chi connectivity index (χ2n) is 3.99. The molecule has 0 saturated carbocycles. The van der Waals surface area contributed by atoms with E-state index in [0.717, 1.165) is 11.8 Å². The van der Waals surface area contributed by atoms with Crippen LogP contribution in [0.15, 0.2) is 18.2 Å². The van der Waals surface area contributed by atoms with Gasteiger partial charge in [-0.25, -0.2) is 4.39 Å². The number of halogens is 1. The molecule has 2 aromatic rings. The van der Waals surface area contributed by atoms with E-state index in [9.17, 15) is 9.18 Å². The molecule has 94 valence electrons. The average molecular weight is 248 g/mol. The highest BCUT2D eigenvalue weighted by molar-refractivity contribution is 6.08. The number of nitrogens with two attached hydrogens (primary N) is 1. The lowest BCUT2D eigenvalue weighted by atomic mass is 10.1. The number of anilines is 2. The Kier molecular flexibility index (Phi) is 3.01. The van der Waals surface area contributed by atoms with Crippen LogP contribution < -0.4 is 11.1 Å². The Labute approximate surface area is 103 Å². The Balaban J connectivity index is 2.28. The van der Waals surface area contributed by atoms with E-state index in [0.29, 0.717) is 11.4 Å². The lowest BCUT2D eigenvalue weighted by Crippen LogP contribution is -2.15. The first-order valence-corrected chi connectivity index (χ1v) is 5.37. The molecule has 5 nitrogen and oxygen atoms in total. The van der Waals surface area contributed by atoms with E-state index in [1.807, 2.05) is 0 Å². The van der Waals surface area contributed by atoms with Crippen molar-refractivity contribution in [1.29, 1.82) is 0 Å². The number of nitrogens with one attached hydrogen (secondary N) is 2. The maximum atomic E-state index is 12.9. The summed E-state index contributed by atoms with van der Waals surface area (Å²) in [6.45, 7) is 3.57. The number of nitrogens with zero attached hydrogens (tertiary/aromatic N) is 1. The number of benzene rings is 1. The molecule has 0 aliphatic carbocycles. The minimum atomic E-state index is -0.472. The molecule has 18 heavy (non-hydrogen) atoms. The molecule has 4 N–H and O–H groups in total. The van der Waals surface area contributed by atoms with Crippen LogP contribution in [0.1, 0.15) is 21.7 Å². The minimum absolute atomic E-state index is 0.103. The van der Waals surface area contributed by atoms with Crippen LogP contribution in [0, 0.1) is 19.7 Å². The van der Waals surface area contributed by atoms with E-state index in [4.69, 9.17) is 5.73 Å². The number of nitrogen functional groups attached to an aromatic ring is 1. The number of aromatic amines is 1. The summed E-state index contributed by atoms with van der Waals surface area (Å²) in [5, 5.41) is 9.43. The first-order valence-electron chi connectivity index (χ1n) is 5.37. The molecule has 1 aromatic heterocycles. The number of carbonyl (C=O) groups is 1. The standard InChI is InChI=1S/C12H13FN4O/c1-6-11(7(2)17-16-6)15-12(18)9-4-3-8(13)5-10(9)14/h3-5H,14H2,1-2H3,(H,15,18)(H,16,17). The van der Waals surface area contributed by atoms with Gasteiger partial charge in [-0.3, -0.25) is 9.89 Å². The molecule has 0 aliphatic rings. The van der Waals surface area contributed by atoms with Crippen molar-refractivity contribution >= 4 is 17.3 Å². The molecule has 0 spiro atoms. The number of amides is 1. The van der Waals surface area contributed by atoms with Gasteiger partial charge in [-0.15, -0.1) is 0 Å². The monoisotopic (exact) mass is 248 g/mol. The zero-order chi connectivity index (χ0) is 13.3. The quantitative estimate of drug-likeness (QED) is 0.711. The molecule has 0 aliphatic heterocycles. The maximum absolute atomic E-state index is 12.9. The molecular formula is C12H13FN4O. The first-order chi connectivity index (χ1) is 8.49. The summed E-state index contributed by atoms with van der Waals surface area (Å²) in [6, 6.07) is 3.66. The second-order valence-corrected chi connectivity index (χ2v) is 3.99. The Bertz CT molecular complexity index is 587. The van der Waals surface area contributed by atoms with Crippen molar-refractivity contribution in [2.45, 2.75) is 13.8 Å². The zero-order valence-corrected chi connectivity index (χ0v) is 10.0. The number of aryl methyl sites for hydroxylation is 2. The lowest BCUT2D eigenvalue weighted by Gasteiger charge is -2.07. The van der Waals surface area contributed by atoms with Crippen molar-refractivity contribution in [3.63, 3.8) is 0 Å². The van der Waals surface area contributed by atoms with Gasteiger partial charge in [-0.2, -0.15) is 5.10 Å². The molecule has 0 fully saturated rings. The molecule has 0 atom stereocenters. The number of hydrogen-bond donors (Lipinski definition) is 3. The van der Waals surface area contributed by atoms with Crippen molar-refractivity contribution in [1.82, 2.24) is 10.2 Å². The van der Waals surface area contributed by atoms with Crippen LogP contribution in [0.2, 0.25) is 0 Å². The third kappa shape index (κ3) is 2.17. The van der Waals surface area contributed by atoms with Crippen molar-refractivity contribution in [2.75, 3.05) is 11.1 Å². The van der Waals surface area contributed by atoms with Gasteiger partial charge in [0.15, 0.2) is 0 Å². The predicted octanol–water partition coefficient (Wildman–Crippen LogP) is 2.00. The molecule has 1 heterocycles. The van der Waals surface area contributed by atoms with Gasteiger partial charge in [0, 0.05) is 5.69 Å². The highest BCUT2D eigenvalue weighted by atomic mass is 19.1. The third-order valence-corrected chi connectivity index (χ3v) is 2.62. The topological polar surface area (TPSA) is 83.8 Å². The Morgan fingerprint density at radius 2 is 2.17 bits per heavy atom. The van der Waals surface area contributed by atoms with Gasteiger partial charge >= 0.3 is 0 Å². The molecule has 1 amide bonds. The molecule has 6 heteroatoms. The number of carbonyl (C=O) groups excluding carboxylic acids is 1. The molecule has 1 aromatic carbocycles. The largest absolute Gasteiger partial charge is 0.398 e. The Hall–Kier alpha value is -2.37. The number of H-pyrrole nitrogens is 1. The van der Waals surface area contributed by atoms with Gasteiger partial charge < -0.3 is 11.1 Å². The van der Waals surface area contributed by atoms with Gasteiger partial charge in [0.05, 0.1) is 22.6 Å². The predicted molar refractivity (Wildman–Crippen MR) is 66.8 cm³/mol. The van der Waals surface area contributed by atoms with Crippen LogP contribution >= 0.6 is 0 Å². The minimum Gasteiger partial charge on any atom is -0.398 e. The van der Waals surface area contributed by atoms with Crippen LogP contribution in [-0.2, 0) is 0 Å². The van der Waals surface area contributed by atoms with Crippen LogP contribution in [0.25, 0.3) is 0 Å². The fourth-order valence-electron chi connectivity index (χ4n) is 1.66. The summed E-state index contributed by atoms with van der Waals surface area (Å²) in [5.41, 5.74) is 7.99. The van der Waals surface area contributed by atoms with E-state index in [-0.39, 0.29) is 17.2 Å². The molecule has 0 radical (unpaired) electrons. The highest BCUT2D eigenvalue weighted by Gasteiger charge is 2.14. The van der Waals surface area contributed by atoms with Crippen LogP contribution in [0.3, 0.4) is 0 Å². The molecule has 0 unspecified atom stereocenters. The van der Waals surface area contributed by atoms with Crippen LogP contribution in [0.4, 0.5) is 15.8 Å². The first kappa shape index (κ1) is 12.1. The van der Waals surface area contributed by atoms with Gasteiger partial charge in [0.2, 0.25) is 0 Å². The van der Waals surface area contributed by atoms with Crippen LogP contribution in [-0.4, -0.2) is 16.1 Å². The summed E-state index contributed by atoms with van der Waals surface area (Å²) in [4.78, 5) is 12.0. The van der Waals surface area contributed by atoms with Crippen molar-refractivity contribution in [3.8, 4) is 0 Å². The zero-order valence-electron chi connectivity index (χ0n) is 10.0. The molecular weight excluding hydrogens is 235 g/mol. The summed E-state index contributed by atoms with van der Waals surface area (Å²) < 4.78 is 12.9. The number of aromatic nitrogens is 2. The Morgan fingerprint density at radius 3 is 2.72 bits per heavy atom. The smallest absolute Gasteiger partial charge is 0.257 e. The van der Waals surface area contributed by atoms with Gasteiger partial charge in [0.1, 0.15) is 5.82 Å². The van der Waals surface area contributed by atoms with Gasteiger partial charge in [-0.1, -0.05) is 0 Å². The van der Waals surface area contributed by atoms with E-state index in [2.05, 4.69) is 15.5 Å². The SMILES string of the molecule is Cc1n[nH]c(C)c1NC(=O)c1ccc(F)cc1N. The highest BCUT2D eigenvalue weighted by Crippen LogP contribution is 2.19. The van der Waals surface area contributed by atoms with Crippen molar-refractivity contribution in [2.24, 2.45) is 0 Å². The van der Waals surface area contributed by atoms with E-state index >= 15 is 0 Å². The molecule has 0 bridgehead atoms. The van der Waals surface area contributed by atoms with E-state index in [1.165, 1.54) is 12.1 Å². The summed E-state index contributed by atoms with van der Waals surface area (Å²) in [7, 11) is 0. The van der Waals surface area contributed by atoms with E-state index < -0.39 is 5.82 Å². The second kappa shape index (κ2) is 4.48. The van der Waals surface area contributed by atoms with Crippen molar-refractivity contribution < 1.29 is 9.18 Å². The maximum Gasteiger partial charge on any atom is 0.257 e. The third-order valence-electron chi connectivity index (χ3n) is 2.62. The fraction of sp³-hybridized carbons (Fsp3) is 0.167. The van der Waals surface area contributed by atoms with Crippen molar-refractivity contribution in [3.05, 3.63) is 41.0 Å². The summed E-state index contributed by atoms with van der Waals surface area (Å²) in [6.07, 6.45) is 0. The fourth-order valence-corrected chi connectivity index (χ4v) is 1.66. The van der Waals surface area contributed by atoms with E-state index in [1.54, 1.807) is 13.8 Å². The number of hydrogen-bond acceptors (Lipinski definition) is 3. The van der Waals surface area contributed by atoms with Crippen LogP contribution in [0.5, 0.6) is 0 Å². The summed E-state index contributed by atoms with van der Waals surface area (Å²) >= 11 is 0. The van der Waals surface area contributed by atoms with Gasteiger partial charge in [-0.05, 0) is 32.0 Å².